The third kappa shape index (κ3) is 3.27. The molecule has 0 radical (unpaired) electrons. The molecule has 0 aliphatic rings. The standard InChI is InChI=1S/C14H20N4O2/c1-10(12-5-4-11(20-3)8-13(12)19)15-7-6-14-17-16-9-18(14)2/h4-5,8-10,15,19H,6-7H2,1-3H3. The van der Waals surface area contributed by atoms with Gasteiger partial charge in [-0.25, -0.2) is 0 Å². The largest absolute Gasteiger partial charge is 0.507 e. The molecule has 0 spiro atoms. The quantitative estimate of drug-likeness (QED) is 0.835. The second kappa shape index (κ2) is 6.38. The van der Waals surface area contributed by atoms with Crippen LogP contribution in [0.2, 0.25) is 0 Å². The number of aromatic hydroxyl groups is 1. The topological polar surface area (TPSA) is 72.2 Å². The van der Waals surface area contributed by atoms with Gasteiger partial charge in [0.1, 0.15) is 23.7 Å². The second-order valence-corrected chi connectivity index (χ2v) is 4.71. The van der Waals surface area contributed by atoms with Crippen LogP contribution in [0.4, 0.5) is 0 Å². The predicted molar refractivity (Wildman–Crippen MR) is 75.8 cm³/mol. The van der Waals surface area contributed by atoms with E-state index in [-0.39, 0.29) is 11.8 Å². The summed E-state index contributed by atoms with van der Waals surface area (Å²) in [6.45, 7) is 2.78. The molecule has 0 saturated carbocycles. The first-order valence-corrected chi connectivity index (χ1v) is 6.55. The van der Waals surface area contributed by atoms with Crippen molar-refractivity contribution < 1.29 is 9.84 Å². The van der Waals surface area contributed by atoms with Crippen LogP contribution >= 0.6 is 0 Å². The number of hydrogen-bond acceptors (Lipinski definition) is 5. The van der Waals surface area contributed by atoms with Crippen molar-refractivity contribution in [1.82, 2.24) is 20.1 Å². The average Bonchev–Trinajstić information content (AvgIpc) is 2.84. The van der Waals surface area contributed by atoms with Crippen LogP contribution in [0.25, 0.3) is 0 Å². The zero-order valence-corrected chi connectivity index (χ0v) is 12.0. The maximum absolute atomic E-state index is 9.97. The summed E-state index contributed by atoms with van der Waals surface area (Å²) in [5.41, 5.74) is 0.851. The Kier molecular flexibility index (Phi) is 4.57. The Morgan fingerprint density at radius 3 is 2.85 bits per heavy atom. The summed E-state index contributed by atoms with van der Waals surface area (Å²) >= 11 is 0. The Labute approximate surface area is 118 Å². The lowest BCUT2D eigenvalue weighted by Crippen LogP contribution is -2.22. The van der Waals surface area contributed by atoms with Gasteiger partial charge in [-0.15, -0.1) is 10.2 Å². The molecule has 2 N–H and O–H groups in total. The molecule has 0 aliphatic carbocycles. The van der Waals surface area contributed by atoms with Gasteiger partial charge in [0.25, 0.3) is 0 Å². The molecule has 2 rings (SSSR count). The van der Waals surface area contributed by atoms with Crippen LogP contribution in [-0.4, -0.2) is 33.5 Å². The van der Waals surface area contributed by atoms with Crippen molar-refractivity contribution in [3.05, 3.63) is 35.9 Å². The van der Waals surface area contributed by atoms with Gasteiger partial charge in [0.2, 0.25) is 0 Å². The predicted octanol–water partition coefficient (Wildman–Crippen LogP) is 1.42. The molecule has 1 heterocycles. The number of nitrogens with zero attached hydrogens (tertiary/aromatic N) is 3. The zero-order valence-electron chi connectivity index (χ0n) is 12.0. The summed E-state index contributed by atoms with van der Waals surface area (Å²) in [7, 11) is 3.51. The molecule has 1 unspecified atom stereocenters. The van der Waals surface area contributed by atoms with Gasteiger partial charge >= 0.3 is 0 Å². The Balaban J connectivity index is 1.91. The molecular formula is C14H20N4O2. The fraction of sp³-hybridized carbons (Fsp3) is 0.429. The van der Waals surface area contributed by atoms with Gasteiger partial charge in [-0.2, -0.15) is 0 Å². The summed E-state index contributed by atoms with van der Waals surface area (Å²) < 4.78 is 6.97. The highest BCUT2D eigenvalue weighted by molar-refractivity contribution is 5.41. The van der Waals surface area contributed by atoms with Gasteiger partial charge in [0.05, 0.1) is 7.11 Å². The van der Waals surface area contributed by atoms with Gasteiger partial charge in [-0.1, -0.05) is 6.07 Å². The average molecular weight is 276 g/mol. The fourth-order valence-electron chi connectivity index (χ4n) is 2.06. The second-order valence-electron chi connectivity index (χ2n) is 4.71. The minimum Gasteiger partial charge on any atom is -0.507 e. The summed E-state index contributed by atoms with van der Waals surface area (Å²) in [6.07, 6.45) is 2.48. The maximum Gasteiger partial charge on any atom is 0.133 e. The third-order valence-corrected chi connectivity index (χ3v) is 3.31. The maximum atomic E-state index is 9.97. The molecule has 0 bridgehead atoms. The lowest BCUT2D eigenvalue weighted by atomic mass is 10.1. The number of aryl methyl sites for hydroxylation is 1. The van der Waals surface area contributed by atoms with Crippen molar-refractivity contribution in [2.24, 2.45) is 7.05 Å². The molecule has 6 heteroatoms. The number of hydrogen-bond donors (Lipinski definition) is 2. The van der Waals surface area contributed by atoms with Gasteiger partial charge in [-0.05, 0) is 13.0 Å². The van der Waals surface area contributed by atoms with Crippen molar-refractivity contribution in [3.8, 4) is 11.5 Å². The SMILES string of the molecule is COc1ccc(C(C)NCCc2nncn2C)c(O)c1. The van der Waals surface area contributed by atoms with E-state index >= 15 is 0 Å². The number of methoxy groups -OCH3 is 1. The number of ether oxygens (including phenoxy) is 1. The Morgan fingerprint density at radius 1 is 1.45 bits per heavy atom. The monoisotopic (exact) mass is 276 g/mol. The van der Waals surface area contributed by atoms with E-state index in [1.54, 1.807) is 19.5 Å². The first-order valence-electron chi connectivity index (χ1n) is 6.55. The first kappa shape index (κ1) is 14.3. The van der Waals surface area contributed by atoms with E-state index < -0.39 is 0 Å². The minimum atomic E-state index is 0.0501. The number of phenols is 1. The lowest BCUT2D eigenvalue weighted by molar-refractivity contribution is 0.404. The minimum absolute atomic E-state index is 0.0501. The molecule has 1 aromatic carbocycles. The molecule has 0 amide bonds. The molecule has 0 aliphatic heterocycles. The lowest BCUT2D eigenvalue weighted by Gasteiger charge is -2.16. The van der Waals surface area contributed by atoms with Gasteiger partial charge in [-0.3, -0.25) is 0 Å². The van der Waals surface area contributed by atoms with Crippen molar-refractivity contribution in [2.45, 2.75) is 19.4 Å². The van der Waals surface area contributed by atoms with E-state index in [2.05, 4.69) is 15.5 Å². The molecule has 108 valence electrons. The first-order chi connectivity index (χ1) is 9.61. The van der Waals surface area contributed by atoms with E-state index in [1.165, 1.54) is 0 Å². The molecular weight excluding hydrogens is 256 g/mol. The van der Waals surface area contributed by atoms with Crippen LogP contribution in [0, 0.1) is 0 Å². The van der Waals surface area contributed by atoms with Crippen LogP contribution in [0.1, 0.15) is 24.4 Å². The molecule has 0 fully saturated rings. The van der Waals surface area contributed by atoms with Crippen molar-refractivity contribution in [3.63, 3.8) is 0 Å². The molecule has 0 saturated heterocycles. The highest BCUT2D eigenvalue weighted by Gasteiger charge is 2.11. The van der Waals surface area contributed by atoms with Crippen molar-refractivity contribution >= 4 is 0 Å². The number of benzene rings is 1. The van der Waals surface area contributed by atoms with Crippen molar-refractivity contribution in [2.75, 3.05) is 13.7 Å². The third-order valence-electron chi connectivity index (χ3n) is 3.31. The molecule has 2 aromatic rings. The van der Waals surface area contributed by atoms with Gasteiger partial charge < -0.3 is 19.7 Å². The van der Waals surface area contributed by atoms with E-state index in [0.29, 0.717) is 5.75 Å². The molecule has 6 nitrogen and oxygen atoms in total. The molecule has 1 aromatic heterocycles. The molecule has 1 atom stereocenters. The molecule has 20 heavy (non-hydrogen) atoms. The summed E-state index contributed by atoms with van der Waals surface area (Å²) in [5, 5.41) is 21.2. The Morgan fingerprint density at radius 2 is 2.25 bits per heavy atom. The number of rotatable bonds is 6. The van der Waals surface area contributed by atoms with Gasteiger partial charge in [0, 0.05) is 37.7 Å². The summed E-state index contributed by atoms with van der Waals surface area (Å²) in [5.74, 6) is 1.82. The smallest absolute Gasteiger partial charge is 0.133 e. The van der Waals surface area contributed by atoms with Gasteiger partial charge in [0.15, 0.2) is 0 Å². The highest BCUT2D eigenvalue weighted by Crippen LogP contribution is 2.28. The van der Waals surface area contributed by atoms with E-state index in [4.69, 9.17) is 4.74 Å². The van der Waals surface area contributed by atoms with Crippen LogP contribution in [-0.2, 0) is 13.5 Å². The van der Waals surface area contributed by atoms with Crippen LogP contribution in [0.15, 0.2) is 24.5 Å². The van der Waals surface area contributed by atoms with Crippen LogP contribution in [0.5, 0.6) is 11.5 Å². The summed E-state index contributed by atoms with van der Waals surface area (Å²) in [6, 6.07) is 5.38. The van der Waals surface area contributed by atoms with Crippen molar-refractivity contribution in [1.29, 1.82) is 0 Å². The van der Waals surface area contributed by atoms with E-state index in [9.17, 15) is 5.11 Å². The zero-order chi connectivity index (χ0) is 14.5. The van der Waals surface area contributed by atoms with E-state index in [1.807, 2.05) is 30.7 Å². The number of phenolic OH excluding ortho intramolecular Hbond substituents is 1. The van der Waals surface area contributed by atoms with Crippen LogP contribution in [0.3, 0.4) is 0 Å². The Hall–Kier alpha value is -2.08. The number of nitrogens with one attached hydrogen (secondary N) is 1. The Bertz CT molecular complexity index is 568. The summed E-state index contributed by atoms with van der Waals surface area (Å²) in [4.78, 5) is 0. The van der Waals surface area contributed by atoms with E-state index in [0.717, 1.165) is 24.4 Å². The highest BCUT2D eigenvalue weighted by atomic mass is 16.5. The normalized spacial score (nSPS) is 12.3. The number of aromatic nitrogens is 3. The fourth-order valence-corrected chi connectivity index (χ4v) is 2.06. The van der Waals surface area contributed by atoms with Crippen LogP contribution < -0.4 is 10.1 Å².